The number of rotatable bonds is 4. The van der Waals surface area contributed by atoms with Gasteiger partial charge in [-0.3, -0.25) is 9.78 Å². The molecule has 1 amide bonds. The first-order chi connectivity index (χ1) is 11.2. The SMILES string of the molecule is CCOc1ccc2cc(C(=O)Nc3cccnc3)c(=O)oc2c1. The summed E-state index contributed by atoms with van der Waals surface area (Å²) in [6.45, 7) is 2.38. The molecule has 6 heteroatoms. The number of hydrogen-bond donors (Lipinski definition) is 1. The molecule has 0 saturated heterocycles. The van der Waals surface area contributed by atoms with Gasteiger partial charge in [0.05, 0.1) is 18.5 Å². The van der Waals surface area contributed by atoms with Crippen molar-refractivity contribution < 1.29 is 13.9 Å². The second-order valence-corrected chi connectivity index (χ2v) is 4.78. The van der Waals surface area contributed by atoms with Crippen LogP contribution in [0.4, 0.5) is 5.69 Å². The standard InChI is InChI=1S/C17H14N2O4/c1-2-22-13-6-5-11-8-14(17(21)23-15(11)9-13)16(20)19-12-4-3-7-18-10-12/h3-10H,2H2,1H3,(H,19,20). The van der Waals surface area contributed by atoms with Crippen molar-refractivity contribution in [1.82, 2.24) is 4.98 Å². The maximum atomic E-state index is 12.2. The molecule has 116 valence electrons. The van der Waals surface area contributed by atoms with Gasteiger partial charge in [0.25, 0.3) is 5.91 Å². The molecule has 0 unspecified atom stereocenters. The molecule has 2 aromatic heterocycles. The van der Waals surface area contributed by atoms with Crippen LogP contribution >= 0.6 is 0 Å². The van der Waals surface area contributed by atoms with Crippen molar-refractivity contribution in [3.05, 3.63) is 64.8 Å². The van der Waals surface area contributed by atoms with E-state index in [0.717, 1.165) is 0 Å². The Bertz CT molecular complexity index is 903. The molecule has 3 aromatic rings. The van der Waals surface area contributed by atoms with Gasteiger partial charge >= 0.3 is 5.63 Å². The summed E-state index contributed by atoms with van der Waals surface area (Å²) in [6.07, 6.45) is 3.09. The summed E-state index contributed by atoms with van der Waals surface area (Å²) in [5.74, 6) is 0.0678. The number of benzene rings is 1. The lowest BCUT2D eigenvalue weighted by Crippen LogP contribution is -2.20. The fourth-order valence-electron chi connectivity index (χ4n) is 2.14. The zero-order valence-electron chi connectivity index (χ0n) is 12.4. The Kier molecular flexibility index (Phi) is 4.05. The Morgan fingerprint density at radius 3 is 2.91 bits per heavy atom. The van der Waals surface area contributed by atoms with Gasteiger partial charge in [-0.05, 0) is 37.3 Å². The van der Waals surface area contributed by atoms with Gasteiger partial charge in [0.1, 0.15) is 16.9 Å². The van der Waals surface area contributed by atoms with Crippen LogP contribution in [0.5, 0.6) is 5.75 Å². The van der Waals surface area contributed by atoms with Crippen LogP contribution in [0.25, 0.3) is 11.0 Å². The fourth-order valence-corrected chi connectivity index (χ4v) is 2.14. The van der Waals surface area contributed by atoms with E-state index in [1.807, 2.05) is 6.92 Å². The molecular formula is C17H14N2O4. The van der Waals surface area contributed by atoms with E-state index in [9.17, 15) is 9.59 Å². The van der Waals surface area contributed by atoms with Crippen LogP contribution in [0, 0.1) is 0 Å². The quantitative estimate of drug-likeness (QED) is 0.749. The number of carbonyl (C=O) groups is 1. The van der Waals surface area contributed by atoms with Gasteiger partial charge in [-0.15, -0.1) is 0 Å². The zero-order valence-corrected chi connectivity index (χ0v) is 12.4. The van der Waals surface area contributed by atoms with Crippen molar-refractivity contribution in [2.24, 2.45) is 0 Å². The van der Waals surface area contributed by atoms with Gasteiger partial charge in [-0.1, -0.05) is 0 Å². The maximum absolute atomic E-state index is 12.2. The van der Waals surface area contributed by atoms with Crippen LogP contribution in [0.1, 0.15) is 17.3 Å². The van der Waals surface area contributed by atoms with Crippen LogP contribution in [0.15, 0.2) is 58.0 Å². The van der Waals surface area contributed by atoms with Crippen LogP contribution in [-0.2, 0) is 0 Å². The van der Waals surface area contributed by atoms with Crippen molar-refractivity contribution in [3.8, 4) is 5.75 Å². The average Bonchev–Trinajstić information content (AvgIpc) is 2.55. The van der Waals surface area contributed by atoms with Crippen molar-refractivity contribution in [1.29, 1.82) is 0 Å². The minimum Gasteiger partial charge on any atom is -0.494 e. The summed E-state index contributed by atoms with van der Waals surface area (Å²) in [5, 5.41) is 3.25. The molecule has 23 heavy (non-hydrogen) atoms. The lowest BCUT2D eigenvalue weighted by Gasteiger charge is -2.06. The highest BCUT2D eigenvalue weighted by Gasteiger charge is 2.14. The molecular weight excluding hydrogens is 296 g/mol. The number of aromatic nitrogens is 1. The number of pyridine rings is 1. The van der Waals surface area contributed by atoms with Crippen molar-refractivity contribution in [2.45, 2.75) is 6.92 Å². The third-order valence-corrected chi connectivity index (χ3v) is 3.18. The van der Waals surface area contributed by atoms with E-state index in [4.69, 9.17) is 9.15 Å². The van der Waals surface area contributed by atoms with E-state index in [0.29, 0.717) is 29.0 Å². The normalized spacial score (nSPS) is 10.5. The minimum atomic E-state index is -0.701. The van der Waals surface area contributed by atoms with Crippen LogP contribution in [0.3, 0.4) is 0 Å². The number of anilines is 1. The molecule has 0 atom stereocenters. The first-order valence-corrected chi connectivity index (χ1v) is 7.09. The van der Waals surface area contributed by atoms with Gasteiger partial charge in [0.2, 0.25) is 0 Å². The van der Waals surface area contributed by atoms with E-state index < -0.39 is 11.5 Å². The Morgan fingerprint density at radius 1 is 1.30 bits per heavy atom. The second kappa shape index (κ2) is 6.31. The monoisotopic (exact) mass is 310 g/mol. The number of carbonyl (C=O) groups excluding carboxylic acids is 1. The Hall–Kier alpha value is -3.15. The largest absolute Gasteiger partial charge is 0.494 e. The molecule has 6 nitrogen and oxygen atoms in total. The number of fused-ring (bicyclic) bond motifs is 1. The molecule has 0 spiro atoms. The maximum Gasteiger partial charge on any atom is 0.349 e. The molecule has 3 rings (SSSR count). The van der Waals surface area contributed by atoms with E-state index >= 15 is 0 Å². The third-order valence-electron chi connectivity index (χ3n) is 3.18. The summed E-state index contributed by atoms with van der Waals surface area (Å²) in [5.41, 5.74) is 0.112. The molecule has 1 N–H and O–H groups in total. The minimum absolute atomic E-state index is 0.0643. The van der Waals surface area contributed by atoms with Gasteiger partial charge in [-0.25, -0.2) is 4.79 Å². The first-order valence-electron chi connectivity index (χ1n) is 7.09. The predicted octanol–water partition coefficient (Wildman–Crippen LogP) is 2.84. The van der Waals surface area contributed by atoms with E-state index in [1.165, 1.54) is 12.3 Å². The van der Waals surface area contributed by atoms with E-state index in [1.54, 1.807) is 36.5 Å². The average molecular weight is 310 g/mol. The molecule has 2 heterocycles. The summed E-state index contributed by atoms with van der Waals surface area (Å²) in [6, 6.07) is 10.0. The lowest BCUT2D eigenvalue weighted by atomic mass is 10.1. The topological polar surface area (TPSA) is 81.4 Å². The van der Waals surface area contributed by atoms with Gasteiger partial charge in [0.15, 0.2) is 0 Å². The van der Waals surface area contributed by atoms with Crippen molar-refractivity contribution in [2.75, 3.05) is 11.9 Å². The van der Waals surface area contributed by atoms with Crippen molar-refractivity contribution in [3.63, 3.8) is 0 Å². The third kappa shape index (κ3) is 3.21. The Morgan fingerprint density at radius 2 is 2.17 bits per heavy atom. The van der Waals surface area contributed by atoms with Gasteiger partial charge < -0.3 is 14.5 Å². The number of nitrogens with one attached hydrogen (secondary N) is 1. The zero-order chi connectivity index (χ0) is 16.2. The molecule has 0 fully saturated rings. The lowest BCUT2D eigenvalue weighted by molar-refractivity contribution is 0.102. The Balaban J connectivity index is 1.95. The van der Waals surface area contributed by atoms with Gasteiger partial charge in [0, 0.05) is 17.6 Å². The number of nitrogens with zero attached hydrogens (tertiary/aromatic N) is 1. The molecule has 0 aliphatic rings. The molecule has 0 bridgehead atoms. The van der Waals surface area contributed by atoms with E-state index in [-0.39, 0.29) is 5.56 Å². The molecule has 1 aromatic carbocycles. The smallest absolute Gasteiger partial charge is 0.349 e. The summed E-state index contributed by atoms with van der Waals surface area (Å²) < 4.78 is 10.6. The van der Waals surface area contributed by atoms with Crippen molar-refractivity contribution >= 4 is 22.6 Å². The number of amides is 1. The predicted molar refractivity (Wildman–Crippen MR) is 85.8 cm³/mol. The highest BCUT2D eigenvalue weighted by molar-refractivity contribution is 6.05. The summed E-state index contributed by atoms with van der Waals surface area (Å²) >= 11 is 0. The Labute approximate surface area is 131 Å². The second-order valence-electron chi connectivity index (χ2n) is 4.78. The molecule has 0 radical (unpaired) electrons. The summed E-state index contributed by atoms with van der Waals surface area (Å²) in [4.78, 5) is 28.2. The number of hydrogen-bond acceptors (Lipinski definition) is 5. The highest BCUT2D eigenvalue weighted by atomic mass is 16.5. The fraction of sp³-hybridized carbons (Fsp3) is 0.118. The van der Waals surface area contributed by atoms with E-state index in [2.05, 4.69) is 10.3 Å². The molecule has 0 aliphatic heterocycles. The van der Waals surface area contributed by atoms with Crippen LogP contribution in [-0.4, -0.2) is 17.5 Å². The molecule has 0 saturated carbocycles. The molecule has 0 aliphatic carbocycles. The van der Waals surface area contributed by atoms with Crippen LogP contribution < -0.4 is 15.7 Å². The summed E-state index contributed by atoms with van der Waals surface area (Å²) in [7, 11) is 0. The number of ether oxygens (including phenoxy) is 1. The first kappa shape index (κ1) is 14.8. The highest BCUT2D eigenvalue weighted by Crippen LogP contribution is 2.20. The van der Waals surface area contributed by atoms with Gasteiger partial charge in [-0.2, -0.15) is 0 Å². The van der Waals surface area contributed by atoms with Crippen LogP contribution in [0.2, 0.25) is 0 Å².